The van der Waals surface area contributed by atoms with Crippen LogP contribution in [0.15, 0.2) is 57.2 Å². The summed E-state index contributed by atoms with van der Waals surface area (Å²) in [5.74, 6) is -0.653. The molecule has 43 heavy (non-hydrogen) atoms. The fraction of sp³-hybridized carbons (Fsp3) is 0.333. The molecule has 0 unspecified atom stereocenters. The van der Waals surface area contributed by atoms with Crippen molar-refractivity contribution in [2.75, 3.05) is 37.5 Å². The molecule has 0 radical (unpaired) electrons. The van der Waals surface area contributed by atoms with E-state index < -0.39 is 35.3 Å². The highest BCUT2D eigenvalue weighted by Gasteiger charge is 2.54. The van der Waals surface area contributed by atoms with Crippen LogP contribution < -0.4 is 22.2 Å². The molecule has 4 aliphatic rings. The molecule has 0 aliphatic carbocycles. The Hall–Kier alpha value is -4.36. The number of β-lactam (4-membered cyclic amide) rings is 1. The normalized spacial score (nSPS) is 20.9. The number of nitrogens with one attached hydrogen (secondary N) is 2. The number of primary amides is 1. The first-order valence-corrected chi connectivity index (χ1v) is 15.6. The topological polar surface area (TPSA) is 218 Å². The lowest BCUT2D eigenvalue weighted by molar-refractivity contribution is -0.150. The number of carboxylic acid groups (broad SMARTS) is 1. The van der Waals surface area contributed by atoms with Crippen LogP contribution in [-0.2, 0) is 24.0 Å². The molecule has 2 atom stereocenters. The van der Waals surface area contributed by atoms with Crippen molar-refractivity contribution in [1.29, 1.82) is 0 Å². The first kappa shape index (κ1) is 30.1. The third kappa shape index (κ3) is 6.37. The molecule has 0 bridgehead atoms. The second-order valence-corrected chi connectivity index (χ2v) is 12.3. The summed E-state index contributed by atoms with van der Waals surface area (Å²) in [5, 5.41) is 20.3. The lowest BCUT2D eigenvalue weighted by Crippen LogP contribution is -2.71. The fourth-order valence-electron chi connectivity index (χ4n) is 4.56. The van der Waals surface area contributed by atoms with Gasteiger partial charge in [-0.2, -0.15) is 0 Å². The van der Waals surface area contributed by atoms with Crippen LogP contribution in [0.25, 0.3) is 0 Å². The molecule has 5 rings (SSSR count). The molecule has 228 valence electrons. The monoisotopic (exact) mass is 649 g/mol. The number of hydrazine groups is 1. The smallest absolute Gasteiger partial charge is 0.404 e. The first-order chi connectivity index (χ1) is 20.7. The largest absolute Gasteiger partial charge is 0.477 e. The number of thiazole rings is 1. The Morgan fingerprint density at radius 3 is 2.84 bits per heavy atom. The number of nitrogen functional groups attached to an aromatic ring is 1. The summed E-state index contributed by atoms with van der Waals surface area (Å²) < 4.78 is 4.74. The number of thioether (sulfide) groups is 2. The number of anilines is 1. The van der Waals surface area contributed by atoms with Crippen LogP contribution in [0.5, 0.6) is 0 Å². The van der Waals surface area contributed by atoms with E-state index >= 15 is 0 Å². The predicted molar refractivity (Wildman–Crippen MR) is 159 cm³/mol. The highest BCUT2D eigenvalue weighted by molar-refractivity contribution is 8.03. The minimum atomic E-state index is -1.23. The Morgan fingerprint density at radius 2 is 2.14 bits per heavy atom. The number of nitrogens with zero attached hydrogens (tertiary/aromatic N) is 5. The van der Waals surface area contributed by atoms with Gasteiger partial charge in [0.25, 0.3) is 11.8 Å². The van der Waals surface area contributed by atoms with E-state index in [1.54, 1.807) is 22.2 Å². The van der Waals surface area contributed by atoms with Gasteiger partial charge >= 0.3 is 12.1 Å². The second-order valence-electron chi connectivity index (χ2n) is 9.14. The van der Waals surface area contributed by atoms with Gasteiger partial charge in [-0.15, -0.1) is 34.9 Å². The molecule has 16 nitrogen and oxygen atoms in total. The number of amides is 3. The number of fused-ring (bicyclic) bond motifs is 2. The van der Waals surface area contributed by atoms with Gasteiger partial charge in [-0.25, -0.2) is 19.6 Å². The number of aliphatic carboxylic acids is 1. The van der Waals surface area contributed by atoms with Crippen LogP contribution in [0.4, 0.5) is 9.93 Å². The third-order valence-corrected chi connectivity index (χ3v) is 9.45. The van der Waals surface area contributed by atoms with Crippen molar-refractivity contribution in [2.45, 2.75) is 17.8 Å². The van der Waals surface area contributed by atoms with E-state index in [2.05, 4.69) is 20.9 Å². The van der Waals surface area contributed by atoms with E-state index in [0.717, 1.165) is 22.2 Å². The van der Waals surface area contributed by atoms with Crippen molar-refractivity contribution in [2.24, 2.45) is 10.9 Å². The summed E-state index contributed by atoms with van der Waals surface area (Å²) in [6.07, 6.45) is 7.26. The van der Waals surface area contributed by atoms with Crippen LogP contribution in [0.2, 0.25) is 0 Å². The van der Waals surface area contributed by atoms with Crippen molar-refractivity contribution in [3.8, 4) is 0 Å². The molecule has 1 fully saturated rings. The summed E-state index contributed by atoms with van der Waals surface area (Å²) in [7, 11) is 1.27. The molecular weight excluding hydrogens is 623 g/mol. The van der Waals surface area contributed by atoms with Crippen LogP contribution >= 0.6 is 34.9 Å². The van der Waals surface area contributed by atoms with Gasteiger partial charge in [0.05, 0.1) is 11.6 Å². The highest BCUT2D eigenvalue weighted by Crippen LogP contribution is 2.41. The maximum Gasteiger partial charge on any atom is 0.404 e. The Balaban J connectivity index is 1.24. The van der Waals surface area contributed by atoms with Crippen LogP contribution in [0.1, 0.15) is 12.1 Å². The number of ether oxygens (including phenoxy) is 1. The first-order valence-electron chi connectivity index (χ1n) is 12.7. The zero-order valence-corrected chi connectivity index (χ0v) is 25.0. The minimum absolute atomic E-state index is 0.0986. The molecule has 7 N–H and O–H groups in total. The van der Waals surface area contributed by atoms with Crippen molar-refractivity contribution in [3.63, 3.8) is 0 Å². The SMILES string of the molecule is CO/N=C(\C(=O)N[C@@H]1C(=O)N2C(C(=O)O)=C(CN3C=CN4NC(SCCCOC(N)=O)=CC=C34)CS[C@@H]12)c1csc(N)n1. The van der Waals surface area contributed by atoms with Crippen LogP contribution in [0.3, 0.4) is 0 Å². The summed E-state index contributed by atoms with van der Waals surface area (Å²) in [4.78, 5) is 61.1. The zero-order chi connectivity index (χ0) is 30.7. The van der Waals surface area contributed by atoms with E-state index in [1.165, 1.54) is 23.8 Å². The molecule has 3 amide bonds. The van der Waals surface area contributed by atoms with Gasteiger partial charge in [-0.3, -0.25) is 19.9 Å². The highest BCUT2D eigenvalue weighted by atomic mass is 32.2. The molecular formula is C24H27N9O7S3. The van der Waals surface area contributed by atoms with Gasteiger partial charge in [-0.1, -0.05) is 5.16 Å². The van der Waals surface area contributed by atoms with Crippen molar-refractivity contribution >= 4 is 69.6 Å². The molecule has 19 heteroatoms. The van der Waals surface area contributed by atoms with E-state index in [1.807, 2.05) is 29.5 Å². The van der Waals surface area contributed by atoms with Gasteiger partial charge in [0.2, 0.25) is 0 Å². The number of carbonyl (C=O) groups is 4. The fourth-order valence-corrected chi connectivity index (χ4v) is 7.25. The number of oxime groups is 1. The average Bonchev–Trinajstić information content (AvgIpc) is 3.59. The van der Waals surface area contributed by atoms with Crippen molar-refractivity contribution in [3.05, 3.63) is 57.7 Å². The minimum Gasteiger partial charge on any atom is -0.477 e. The summed E-state index contributed by atoms with van der Waals surface area (Å²) in [5.41, 5.74) is 14.4. The van der Waals surface area contributed by atoms with E-state index in [0.29, 0.717) is 23.5 Å². The molecule has 0 aromatic carbocycles. The Bertz CT molecular complexity index is 1490. The molecule has 1 saturated heterocycles. The number of aromatic nitrogens is 1. The van der Waals surface area contributed by atoms with Gasteiger partial charge in [0.15, 0.2) is 10.8 Å². The van der Waals surface area contributed by atoms with E-state index in [4.69, 9.17) is 21.0 Å². The quantitative estimate of drug-likeness (QED) is 0.0892. The number of carbonyl (C=O) groups excluding carboxylic acids is 3. The number of nitrogens with two attached hydrogens (primary N) is 2. The Morgan fingerprint density at radius 1 is 1.33 bits per heavy atom. The summed E-state index contributed by atoms with van der Waals surface area (Å²) in [6, 6.07) is -0.956. The zero-order valence-electron chi connectivity index (χ0n) is 22.6. The molecule has 0 saturated carbocycles. The molecule has 1 aromatic rings. The van der Waals surface area contributed by atoms with Gasteiger partial charge in [0, 0.05) is 35.8 Å². The molecule has 0 spiro atoms. The van der Waals surface area contributed by atoms with E-state index in [9.17, 15) is 24.3 Å². The third-order valence-electron chi connectivity index (χ3n) is 6.40. The maximum absolute atomic E-state index is 13.2. The van der Waals surface area contributed by atoms with Crippen molar-refractivity contribution in [1.82, 2.24) is 30.5 Å². The molecule has 5 heterocycles. The number of hydrogen-bond acceptors (Lipinski definition) is 15. The van der Waals surface area contributed by atoms with Gasteiger partial charge < -0.3 is 36.4 Å². The average molecular weight is 650 g/mol. The lowest BCUT2D eigenvalue weighted by Gasteiger charge is -2.49. The lowest BCUT2D eigenvalue weighted by atomic mass is 10.0. The van der Waals surface area contributed by atoms with E-state index in [-0.39, 0.29) is 35.4 Å². The Kier molecular flexibility index (Phi) is 9.02. The maximum atomic E-state index is 13.2. The molecule has 4 aliphatic heterocycles. The summed E-state index contributed by atoms with van der Waals surface area (Å²) in [6.45, 7) is 0.477. The Labute approximate surface area is 257 Å². The molecule has 1 aromatic heterocycles. The second kappa shape index (κ2) is 12.9. The van der Waals surface area contributed by atoms with Crippen molar-refractivity contribution < 1.29 is 33.9 Å². The number of allylic oxidation sites excluding steroid dienone is 2. The number of carboxylic acids is 1. The van der Waals surface area contributed by atoms with Gasteiger partial charge in [0.1, 0.15) is 35.7 Å². The van der Waals surface area contributed by atoms with Crippen LogP contribution in [-0.4, -0.2) is 97.7 Å². The van der Waals surface area contributed by atoms with Crippen LogP contribution in [0, 0.1) is 0 Å². The summed E-state index contributed by atoms with van der Waals surface area (Å²) >= 11 is 4.03. The number of hydrogen-bond donors (Lipinski definition) is 5. The predicted octanol–water partition coefficient (Wildman–Crippen LogP) is 0.323. The number of rotatable bonds is 12. The van der Waals surface area contributed by atoms with Gasteiger partial charge in [-0.05, 0) is 24.1 Å². The standard InChI is InChI=1S/C24H27N9O7S3/c1-39-30-16(13-11-43-23(25)27-13)19(34)28-17-20(35)33-18(22(36)37)12(10-42-21(17)33)9-31-5-6-32-15(31)4-3-14(29-32)41-8-2-7-40-24(26)38/h3-6,11,17,21,29H,2,7-10H2,1H3,(H2,25,27)(H2,26,38)(H,28,34)(H,36,37)/b30-16-/t17-,21+/m1/s1.